The van der Waals surface area contributed by atoms with Crippen LogP contribution in [0.3, 0.4) is 0 Å². The van der Waals surface area contributed by atoms with E-state index in [1.807, 2.05) is 24.3 Å². The van der Waals surface area contributed by atoms with E-state index < -0.39 is 6.10 Å². The monoisotopic (exact) mass is 237 g/mol. The van der Waals surface area contributed by atoms with Crippen LogP contribution in [0.4, 0.5) is 0 Å². The van der Waals surface area contributed by atoms with Crippen LogP contribution in [0, 0.1) is 0 Å². The molecule has 0 aliphatic rings. The fourth-order valence-corrected chi connectivity index (χ4v) is 1.39. The number of hydrogen-bond acceptors (Lipinski definition) is 3. The van der Waals surface area contributed by atoms with Crippen LogP contribution in [-0.4, -0.2) is 22.2 Å². The summed E-state index contributed by atoms with van der Waals surface area (Å²) in [5.74, 6) is -0.0582. The Morgan fingerprint density at radius 3 is 2.41 bits per heavy atom. The Bertz CT molecular complexity index is 346. The van der Waals surface area contributed by atoms with Gasteiger partial charge in [0.1, 0.15) is 0 Å². The average Bonchev–Trinajstić information content (AvgIpc) is 2.34. The minimum Gasteiger partial charge on any atom is -0.393 e. The van der Waals surface area contributed by atoms with Gasteiger partial charge in [-0.2, -0.15) is 0 Å². The molecule has 1 aromatic rings. The number of aliphatic hydroxyl groups excluding tert-OH is 2. The maximum absolute atomic E-state index is 11.4. The molecule has 0 bridgehead atoms. The van der Waals surface area contributed by atoms with Gasteiger partial charge in [-0.25, -0.2) is 0 Å². The highest BCUT2D eigenvalue weighted by atomic mass is 16.3. The molecule has 0 fully saturated rings. The summed E-state index contributed by atoms with van der Waals surface area (Å²) in [7, 11) is 0. The molecule has 0 radical (unpaired) electrons. The molecule has 0 aliphatic carbocycles. The van der Waals surface area contributed by atoms with Crippen LogP contribution < -0.4 is 5.32 Å². The van der Waals surface area contributed by atoms with Crippen molar-refractivity contribution in [1.82, 2.24) is 5.32 Å². The van der Waals surface area contributed by atoms with E-state index in [1.54, 1.807) is 6.92 Å². The van der Waals surface area contributed by atoms with Gasteiger partial charge >= 0.3 is 0 Å². The molecule has 0 heterocycles. The molecule has 4 nitrogen and oxygen atoms in total. The van der Waals surface area contributed by atoms with Crippen LogP contribution in [0.1, 0.15) is 30.9 Å². The minimum absolute atomic E-state index is 0.0288. The van der Waals surface area contributed by atoms with Crippen molar-refractivity contribution in [2.24, 2.45) is 0 Å². The summed E-state index contributed by atoms with van der Waals surface area (Å²) in [6.45, 7) is 2.17. The average molecular weight is 237 g/mol. The van der Waals surface area contributed by atoms with Crippen LogP contribution in [0.15, 0.2) is 24.3 Å². The van der Waals surface area contributed by atoms with E-state index in [0.29, 0.717) is 19.4 Å². The van der Waals surface area contributed by atoms with Crippen LogP contribution in [0.5, 0.6) is 0 Å². The number of amides is 1. The molecule has 1 amide bonds. The number of benzene rings is 1. The molecule has 1 unspecified atom stereocenters. The maximum atomic E-state index is 11.4. The Morgan fingerprint density at radius 1 is 1.29 bits per heavy atom. The van der Waals surface area contributed by atoms with Gasteiger partial charge in [0.2, 0.25) is 5.91 Å². The third-order valence-corrected chi connectivity index (χ3v) is 2.48. The molecule has 0 saturated heterocycles. The van der Waals surface area contributed by atoms with E-state index in [0.717, 1.165) is 11.1 Å². The van der Waals surface area contributed by atoms with Crippen LogP contribution in [-0.2, 0) is 17.9 Å². The first-order valence-corrected chi connectivity index (χ1v) is 5.75. The molecule has 1 rings (SSSR count). The summed E-state index contributed by atoms with van der Waals surface area (Å²) in [6.07, 6.45) is 0.381. The molecular weight excluding hydrogens is 218 g/mol. The second kappa shape index (κ2) is 7.04. The van der Waals surface area contributed by atoms with Gasteiger partial charge in [0, 0.05) is 13.0 Å². The third kappa shape index (κ3) is 5.47. The summed E-state index contributed by atoms with van der Waals surface area (Å²) >= 11 is 0. The van der Waals surface area contributed by atoms with Crippen molar-refractivity contribution in [3.63, 3.8) is 0 Å². The van der Waals surface area contributed by atoms with Crippen molar-refractivity contribution in [2.75, 3.05) is 0 Å². The quantitative estimate of drug-likeness (QED) is 0.690. The topological polar surface area (TPSA) is 69.6 Å². The molecule has 0 aromatic heterocycles. The molecule has 4 heteroatoms. The third-order valence-electron chi connectivity index (χ3n) is 2.48. The minimum atomic E-state index is -0.440. The first-order valence-electron chi connectivity index (χ1n) is 5.75. The molecule has 3 N–H and O–H groups in total. The first-order chi connectivity index (χ1) is 8.11. The molecule has 0 aliphatic heterocycles. The number of carbonyl (C=O) groups excluding carboxylic acids is 1. The highest BCUT2D eigenvalue weighted by molar-refractivity contribution is 5.75. The van der Waals surface area contributed by atoms with Crippen molar-refractivity contribution in [3.05, 3.63) is 35.4 Å². The highest BCUT2D eigenvalue weighted by Gasteiger charge is 2.03. The molecular formula is C13H19NO3. The Kier molecular flexibility index (Phi) is 5.66. The molecule has 1 aromatic carbocycles. The fraction of sp³-hybridized carbons (Fsp3) is 0.462. The lowest BCUT2D eigenvalue weighted by atomic mass is 10.1. The van der Waals surface area contributed by atoms with Crippen molar-refractivity contribution in [2.45, 2.75) is 39.0 Å². The normalized spacial score (nSPS) is 12.2. The molecule has 94 valence electrons. The molecule has 17 heavy (non-hydrogen) atoms. The lowest BCUT2D eigenvalue weighted by Crippen LogP contribution is -2.23. The van der Waals surface area contributed by atoms with Crippen molar-refractivity contribution in [1.29, 1.82) is 0 Å². The Morgan fingerprint density at radius 2 is 1.88 bits per heavy atom. The van der Waals surface area contributed by atoms with Gasteiger partial charge in [-0.15, -0.1) is 0 Å². The maximum Gasteiger partial charge on any atom is 0.220 e. The van der Waals surface area contributed by atoms with E-state index in [9.17, 15) is 4.79 Å². The number of rotatable bonds is 6. The van der Waals surface area contributed by atoms with Crippen molar-refractivity contribution in [3.8, 4) is 0 Å². The zero-order valence-electron chi connectivity index (χ0n) is 10.0. The van der Waals surface area contributed by atoms with Gasteiger partial charge in [-0.1, -0.05) is 24.3 Å². The van der Waals surface area contributed by atoms with Crippen molar-refractivity contribution >= 4 is 5.91 Å². The van der Waals surface area contributed by atoms with Gasteiger partial charge in [0.25, 0.3) is 0 Å². The van der Waals surface area contributed by atoms with Crippen LogP contribution in [0.2, 0.25) is 0 Å². The summed E-state index contributed by atoms with van der Waals surface area (Å²) in [5.41, 5.74) is 1.85. The van der Waals surface area contributed by atoms with E-state index in [-0.39, 0.29) is 12.5 Å². The SMILES string of the molecule is CC(O)CCC(=O)NCc1ccc(CO)cc1. The molecule has 0 spiro atoms. The molecule has 1 atom stereocenters. The second-order valence-corrected chi connectivity index (χ2v) is 4.14. The van der Waals surface area contributed by atoms with E-state index in [4.69, 9.17) is 10.2 Å². The van der Waals surface area contributed by atoms with E-state index in [2.05, 4.69) is 5.32 Å². The van der Waals surface area contributed by atoms with Crippen LogP contribution >= 0.6 is 0 Å². The lowest BCUT2D eigenvalue weighted by Gasteiger charge is -2.07. The largest absolute Gasteiger partial charge is 0.393 e. The van der Waals surface area contributed by atoms with Gasteiger partial charge in [-0.3, -0.25) is 4.79 Å². The number of hydrogen-bond donors (Lipinski definition) is 3. The Labute approximate surface area is 101 Å². The summed E-state index contributed by atoms with van der Waals surface area (Å²) in [5, 5.41) is 20.7. The number of aliphatic hydroxyl groups is 2. The van der Waals surface area contributed by atoms with Crippen molar-refractivity contribution < 1.29 is 15.0 Å². The van der Waals surface area contributed by atoms with Gasteiger partial charge in [0.15, 0.2) is 0 Å². The predicted molar refractivity (Wildman–Crippen MR) is 65.1 cm³/mol. The van der Waals surface area contributed by atoms with Gasteiger partial charge < -0.3 is 15.5 Å². The first kappa shape index (κ1) is 13.7. The standard InChI is InChI=1S/C13H19NO3/c1-10(16)2-7-13(17)14-8-11-3-5-12(9-15)6-4-11/h3-6,10,15-16H,2,7-9H2,1H3,(H,14,17). The summed E-state index contributed by atoms with van der Waals surface area (Å²) < 4.78 is 0. The zero-order chi connectivity index (χ0) is 12.7. The highest BCUT2D eigenvalue weighted by Crippen LogP contribution is 2.04. The molecule has 0 saturated carbocycles. The van der Waals surface area contributed by atoms with E-state index >= 15 is 0 Å². The summed E-state index contributed by atoms with van der Waals surface area (Å²) in [6, 6.07) is 7.41. The number of nitrogens with one attached hydrogen (secondary N) is 1. The van der Waals surface area contributed by atoms with Gasteiger partial charge in [-0.05, 0) is 24.5 Å². The Hall–Kier alpha value is -1.39. The van der Waals surface area contributed by atoms with Gasteiger partial charge in [0.05, 0.1) is 12.7 Å². The predicted octanol–water partition coefficient (Wildman–Crippen LogP) is 0.956. The zero-order valence-corrected chi connectivity index (χ0v) is 10.0. The lowest BCUT2D eigenvalue weighted by molar-refractivity contribution is -0.121. The summed E-state index contributed by atoms with van der Waals surface area (Å²) in [4.78, 5) is 11.4. The van der Waals surface area contributed by atoms with E-state index in [1.165, 1.54) is 0 Å². The van der Waals surface area contributed by atoms with Crippen LogP contribution in [0.25, 0.3) is 0 Å². The second-order valence-electron chi connectivity index (χ2n) is 4.14. The fourth-order valence-electron chi connectivity index (χ4n) is 1.39. The smallest absolute Gasteiger partial charge is 0.220 e. The Balaban J connectivity index is 2.31. The number of carbonyl (C=O) groups is 1.